The van der Waals surface area contributed by atoms with Crippen LogP contribution in [0.1, 0.15) is 17.2 Å². The standard InChI is InChI=1S/C24H23ClN6O2/c1-33-18-9-16(25)8-17(10-18)27-11-22(32)31-12-15-4-2-3-5-19(15)21(13-31)30-24-20-6-7-26-23(20)28-14-29-24/h2-10,14,21,27H,11-13H2,1H3,(H2,26,28,29,30). The van der Waals surface area contributed by atoms with E-state index in [-0.39, 0.29) is 18.5 Å². The van der Waals surface area contributed by atoms with E-state index < -0.39 is 0 Å². The van der Waals surface area contributed by atoms with Gasteiger partial charge in [-0.15, -0.1) is 0 Å². The fourth-order valence-electron chi connectivity index (χ4n) is 4.14. The molecule has 0 bridgehead atoms. The van der Waals surface area contributed by atoms with E-state index in [1.807, 2.05) is 35.4 Å². The highest BCUT2D eigenvalue weighted by atomic mass is 35.5. The van der Waals surface area contributed by atoms with Gasteiger partial charge in [-0.1, -0.05) is 35.9 Å². The van der Waals surface area contributed by atoms with Gasteiger partial charge in [-0.2, -0.15) is 0 Å². The molecule has 2 aromatic carbocycles. The molecule has 4 aromatic rings. The average molecular weight is 463 g/mol. The smallest absolute Gasteiger partial charge is 0.242 e. The lowest BCUT2D eigenvalue weighted by molar-refractivity contribution is -0.130. The molecule has 0 radical (unpaired) electrons. The molecular formula is C24H23ClN6O2. The first-order chi connectivity index (χ1) is 16.1. The molecule has 168 valence electrons. The first kappa shape index (κ1) is 21.1. The van der Waals surface area contributed by atoms with Gasteiger partial charge in [0.2, 0.25) is 5.91 Å². The number of H-pyrrole nitrogens is 1. The van der Waals surface area contributed by atoms with Gasteiger partial charge < -0.3 is 25.3 Å². The number of nitrogens with zero attached hydrogens (tertiary/aromatic N) is 3. The van der Waals surface area contributed by atoms with Crippen LogP contribution < -0.4 is 15.4 Å². The Balaban J connectivity index is 1.34. The number of amides is 1. The first-order valence-electron chi connectivity index (χ1n) is 10.6. The highest BCUT2D eigenvalue weighted by molar-refractivity contribution is 6.31. The summed E-state index contributed by atoms with van der Waals surface area (Å²) < 4.78 is 5.25. The van der Waals surface area contributed by atoms with Crippen molar-refractivity contribution >= 4 is 40.0 Å². The Morgan fingerprint density at radius 1 is 1.24 bits per heavy atom. The third-order valence-corrected chi connectivity index (χ3v) is 5.98. The average Bonchev–Trinajstić information content (AvgIpc) is 3.32. The molecule has 0 aliphatic carbocycles. The molecule has 3 heterocycles. The van der Waals surface area contributed by atoms with Crippen LogP contribution in [-0.2, 0) is 11.3 Å². The summed E-state index contributed by atoms with van der Waals surface area (Å²) in [5.74, 6) is 1.36. The van der Waals surface area contributed by atoms with Crippen LogP contribution in [-0.4, -0.2) is 46.0 Å². The number of hydrogen-bond acceptors (Lipinski definition) is 6. The molecule has 2 aromatic heterocycles. The summed E-state index contributed by atoms with van der Waals surface area (Å²) in [6, 6.07) is 15.3. The lowest BCUT2D eigenvalue weighted by Crippen LogP contribution is -2.43. The minimum absolute atomic E-state index is 0.00951. The second kappa shape index (κ2) is 8.99. The maximum Gasteiger partial charge on any atom is 0.242 e. The van der Waals surface area contributed by atoms with Gasteiger partial charge in [0.05, 0.1) is 25.1 Å². The summed E-state index contributed by atoms with van der Waals surface area (Å²) in [7, 11) is 1.58. The van der Waals surface area contributed by atoms with Crippen LogP contribution in [0.2, 0.25) is 5.02 Å². The number of anilines is 2. The number of nitrogens with one attached hydrogen (secondary N) is 3. The molecule has 0 saturated carbocycles. The summed E-state index contributed by atoms with van der Waals surface area (Å²) in [4.78, 5) is 26.8. The van der Waals surface area contributed by atoms with Crippen LogP contribution in [0, 0.1) is 0 Å². The summed E-state index contributed by atoms with van der Waals surface area (Å²) in [5.41, 5.74) is 3.77. The van der Waals surface area contributed by atoms with Gasteiger partial charge in [-0.05, 0) is 29.3 Å². The summed E-state index contributed by atoms with van der Waals surface area (Å²) in [6.45, 7) is 1.22. The van der Waals surface area contributed by atoms with Crippen molar-refractivity contribution in [1.82, 2.24) is 19.9 Å². The van der Waals surface area contributed by atoms with Gasteiger partial charge in [0, 0.05) is 36.1 Å². The fraction of sp³-hybridized carbons (Fsp3) is 0.208. The zero-order valence-electron chi connectivity index (χ0n) is 18.0. The lowest BCUT2D eigenvalue weighted by Gasteiger charge is -2.35. The molecule has 0 fully saturated rings. The van der Waals surface area contributed by atoms with Crippen LogP contribution in [0.15, 0.2) is 61.1 Å². The minimum Gasteiger partial charge on any atom is -0.497 e. The second-order valence-corrected chi connectivity index (χ2v) is 8.30. The summed E-state index contributed by atoms with van der Waals surface area (Å²) in [5, 5.41) is 8.15. The van der Waals surface area contributed by atoms with Crippen molar-refractivity contribution in [3.63, 3.8) is 0 Å². The van der Waals surface area contributed by atoms with E-state index in [1.54, 1.807) is 19.2 Å². The van der Waals surface area contributed by atoms with E-state index in [0.717, 1.165) is 33.7 Å². The van der Waals surface area contributed by atoms with Crippen molar-refractivity contribution in [2.45, 2.75) is 12.6 Å². The highest BCUT2D eigenvalue weighted by Gasteiger charge is 2.28. The van der Waals surface area contributed by atoms with Crippen molar-refractivity contribution in [3.8, 4) is 5.75 Å². The van der Waals surface area contributed by atoms with Gasteiger partial charge >= 0.3 is 0 Å². The molecule has 1 aliphatic heterocycles. The molecule has 8 nitrogen and oxygen atoms in total. The van der Waals surface area contributed by atoms with E-state index in [9.17, 15) is 4.79 Å². The SMILES string of the molecule is COc1cc(Cl)cc(NCC(=O)N2Cc3ccccc3C(Nc3ncnc4[nH]ccc34)C2)c1. The van der Waals surface area contributed by atoms with Crippen LogP contribution in [0.3, 0.4) is 0 Å². The van der Waals surface area contributed by atoms with Crippen molar-refractivity contribution < 1.29 is 9.53 Å². The zero-order chi connectivity index (χ0) is 22.8. The monoisotopic (exact) mass is 462 g/mol. The van der Waals surface area contributed by atoms with Gasteiger partial charge in [0.15, 0.2) is 0 Å². The topological polar surface area (TPSA) is 95.2 Å². The van der Waals surface area contributed by atoms with Crippen molar-refractivity contribution in [1.29, 1.82) is 0 Å². The number of ether oxygens (including phenoxy) is 1. The number of fused-ring (bicyclic) bond motifs is 2. The number of aromatic amines is 1. The Labute approximate surface area is 195 Å². The third-order valence-electron chi connectivity index (χ3n) is 5.76. The number of carbonyl (C=O) groups excluding carboxylic acids is 1. The van der Waals surface area contributed by atoms with Gasteiger partial charge in [-0.25, -0.2) is 9.97 Å². The zero-order valence-corrected chi connectivity index (χ0v) is 18.8. The first-order valence-corrected chi connectivity index (χ1v) is 11.0. The Hall–Kier alpha value is -3.78. The highest BCUT2D eigenvalue weighted by Crippen LogP contribution is 2.31. The fourth-order valence-corrected chi connectivity index (χ4v) is 4.37. The van der Waals surface area contributed by atoms with E-state index in [1.165, 1.54) is 6.33 Å². The number of carbonyl (C=O) groups is 1. The molecule has 1 atom stereocenters. The number of hydrogen-bond donors (Lipinski definition) is 3. The molecule has 1 amide bonds. The Morgan fingerprint density at radius 3 is 3.00 bits per heavy atom. The molecular weight excluding hydrogens is 440 g/mol. The van der Waals surface area contributed by atoms with Gasteiger partial charge in [0.25, 0.3) is 0 Å². The summed E-state index contributed by atoms with van der Waals surface area (Å²) in [6.07, 6.45) is 3.37. The predicted octanol–water partition coefficient (Wildman–Crippen LogP) is 4.23. The molecule has 5 rings (SSSR count). The maximum absolute atomic E-state index is 13.1. The molecule has 33 heavy (non-hydrogen) atoms. The number of methoxy groups -OCH3 is 1. The van der Waals surface area contributed by atoms with E-state index >= 15 is 0 Å². The van der Waals surface area contributed by atoms with E-state index in [0.29, 0.717) is 23.9 Å². The van der Waals surface area contributed by atoms with Crippen LogP contribution in [0.5, 0.6) is 5.75 Å². The maximum atomic E-state index is 13.1. The molecule has 0 saturated heterocycles. The number of aromatic nitrogens is 3. The second-order valence-electron chi connectivity index (χ2n) is 7.87. The largest absolute Gasteiger partial charge is 0.497 e. The lowest BCUT2D eigenvalue weighted by atomic mass is 9.95. The van der Waals surface area contributed by atoms with E-state index in [2.05, 4.69) is 37.7 Å². The molecule has 9 heteroatoms. The molecule has 3 N–H and O–H groups in total. The third kappa shape index (κ3) is 4.42. The van der Waals surface area contributed by atoms with Crippen LogP contribution in [0.4, 0.5) is 11.5 Å². The number of benzene rings is 2. The predicted molar refractivity (Wildman–Crippen MR) is 129 cm³/mol. The minimum atomic E-state index is -0.0989. The van der Waals surface area contributed by atoms with Gasteiger partial charge in [-0.3, -0.25) is 4.79 Å². The van der Waals surface area contributed by atoms with Crippen molar-refractivity contribution in [2.75, 3.05) is 30.8 Å². The Bertz CT molecular complexity index is 1310. The summed E-state index contributed by atoms with van der Waals surface area (Å²) >= 11 is 6.14. The number of rotatable bonds is 6. The van der Waals surface area contributed by atoms with Crippen molar-refractivity contribution in [2.24, 2.45) is 0 Å². The molecule has 1 aliphatic rings. The van der Waals surface area contributed by atoms with Crippen molar-refractivity contribution in [3.05, 3.63) is 77.2 Å². The normalized spacial score (nSPS) is 15.2. The van der Waals surface area contributed by atoms with Gasteiger partial charge in [0.1, 0.15) is 23.5 Å². The Kier molecular flexibility index (Phi) is 5.75. The van der Waals surface area contributed by atoms with Crippen LogP contribution in [0.25, 0.3) is 11.0 Å². The quantitative estimate of drug-likeness (QED) is 0.397. The Morgan fingerprint density at radius 2 is 2.12 bits per heavy atom. The molecule has 1 unspecified atom stereocenters. The number of halogens is 1. The van der Waals surface area contributed by atoms with E-state index in [4.69, 9.17) is 16.3 Å². The van der Waals surface area contributed by atoms with Crippen LogP contribution >= 0.6 is 11.6 Å². The molecule has 0 spiro atoms.